The number of nitrogens with one attached hydrogen (secondary N) is 1. The van der Waals surface area contributed by atoms with E-state index in [4.69, 9.17) is 4.74 Å². The fraction of sp³-hybridized carbons (Fsp3) is 0.970. The first-order valence-electron chi connectivity index (χ1n) is 33.8. The van der Waals surface area contributed by atoms with Gasteiger partial charge in [-0.25, -0.2) is 0 Å². The van der Waals surface area contributed by atoms with Gasteiger partial charge < -0.3 is 20.3 Å². The average molecular weight is 1030 g/mol. The molecule has 1 amide bonds. The van der Waals surface area contributed by atoms with Crippen LogP contribution in [0.4, 0.5) is 0 Å². The zero-order valence-electron chi connectivity index (χ0n) is 49.9. The number of carbonyl (C=O) groups excluding carboxylic acids is 2. The summed E-state index contributed by atoms with van der Waals surface area (Å²) in [5.74, 6) is -0.00655. The van der Waals surface area contributed by atoms with Gasteiger partial charge in [0.15, 0.2) is 0 Å². The Labute approximate surface area is 457 Å². The lowest BCUT2D eigenvalue weighted by atomic mass is 10.0. The molecule has 2 unspecified atom stereocenters. The summed E-state index contributed by atoms with van der Waals surface area (Å²) in [6.07, 6.45) is 75.8. The molecule has 0 saturated heterocycles. The topological polar surface area (TPSA) is 95.9 Å². The Morgan fingerprint density at radius 2 is 0.562 bits per heavy atom. The number of aliphatic hydroxyl groups excluding tert-OH is 2. The van der Waals surface area contributed by atoms with E-state index in [-0.39, 0.29) is 18.5 Å². The van der Waals surface area contributed by atoms with E-state index >= 15 is 0 Å². The largest absolute Gasteiger partial charge is 0.466 e. The standard InChI is InChI=1S/C67H133NO5/c1-3-5-7-9-11-13-15-16-17-30-34-37-41-45-49-53-57-61-67(72)73-62-58-54-50-46-42-38-35-32-29-27-25-23-21-19-18-20-22-24-26-28-31-33-36-40-44-48-52-56-60-66(71)68-64(63-69)65(70)59-55-51-47-43-39-14-12-10-8-6-4-2/h64-65,69-70H,3-63H2,1-2H3,(H,68,71). The zero-order valence-corrected chi connectivity index (χ0v) is 49.9. The molecule has 0 aromatic rings. The second kappa shape index (κ2) is 63.4. The molecule has 0 radical (unpaired) electrons. The van der Waals surface area contributed by atoms with Gasteiger partial charge in [-0.15, -0.1) is 0 Å². The van der Waals surface area contributed by atoms with Crippen LogP contribution >= 0.6 is 0 Å². The number of rotatable bonds is 64. The van der Waals surface area contributed by atoms with Crippen LogP contribution in [-0.4, -0.2) is 47.4 Å². The lowest BCUT2D eigenvalue weighted by Crippen LogP contribution is -2.45. The van der Waals surface area contributed by atoms with Crippen molar-refractivity contribution in [1.29, 1.82) is 0 Å². The van der Waals surface area contributed by atoms with Crippen molar-refractivity contribution in [3.8, 4) is 0 Å². The first kappa shape index (κ1) is 71.9. The van der Waals surface area contributed by atoms with Crippen molar-refractivity contribution in [2.45, 2.75) is 405 Å². The van der Waals surface area contributed by atoms with Gasteiger partial charge in [0.1, 0.15) is 0 Å². The third-order valence-corrected chi connectivity index (χ3v) is 16.2. The summed E-state index contributed by atoms with van der Waals surface area (Å²) in [6.45, 7) is 4.99. The molecule has 6 nitrogen and oxygen atoms in total. The molecule has 6 heteroatoms. The van der Waals surface area contributed by atoms with Crippen LogP contribution in [0.15, 0.2) is 0 Å². The predicted molar refractivity (Wildman–Crippen MR) is 320 cm³/mol. The molecular formula is C67H133NO5. The van der Waals surface area contributed by atoms with E-state index in [1.165, 1.54) is 321 Å². The van der Waals surface area contributed by atoms with E-state index in [2.05, 4.69) is 19.2 Å². The molecule has 436 valence electrons. The Kier molecular flexibility index (Phi) is 62.4. The quantitative estimate of drug-likeness (QED) is 0.0417. The molecule has 0 fully saturated rings. The number of amides is 1. The van der Waals surface area contributed by atoms with Crippen LogP contribution in [0.3, 0.4) is 0 Å². The van der Waals surface area contributed by atoms with Gasteiger partial charge in [0.25, 0.3) is 0 Å². The lowest BCUT2D eigenvalue weighted by Gasteiger charge is -2.22. The molecular weight excluding hydrogens is 899 g/mol. The van der Waals surface area contributed by atoms with Gasteiger partial charge in [0.2, 0.25) is 5.91 Å². The highest BCUT2D eigenvalue weighted by molar-refractivity contribution is 5.76. The van der Waals surface area contributed by atoms with Crippen molar-refractivity contribution in [2.24, 2.45) is 0 Å². The Balaban J connectivity index is 3.29. The van der Waals surface area contributed by atoms with Crippen LogP contribution < -0.4 is 5.32 Å². The summed E-state index contributed by atoms with van der Waals surface area (Å²) < 4.78 is 5.51. The van der Waals surface area contributed by atoms with E-state index in [0.717, 1.165) is 38.5 Å². The maximum atomic E-state index is 12.5. The maximum Gasteiger partial charge on any atom is 0.305 e. The van der Waals surface area contributed by atoms with Crippen LogP contribution in [0.25, 0.3) is 0 Å². The molecule has 2 atom stereocenters. The van der Waals surface area contributed by atoms with Crippen LogP contribution in [0.2, 0.25) is 0 Å². The van der Waals surface area contributed by atoms with E-state index in [1.54, 1.807) is 0 Å². The van der Waals surface area contributed by atoms with Crippen molar-refractivity contribution < 1.29 is 24.5 Å². The van der Waals surface area contributed by atoms with Gasteiger partial charge in [-0.05, 0) is 25.7 Å². The number of hydrogen-bond donors (Lipinski definition) is 3. The monoisotopic (exact) mass is 1030 g/mol. The molecule has 0 aromatic heterocycles. The third-order valence-electron chi connectivity index (χ3n) is 16.2. The zero-order chi connectivity index (χ0) is 52.9. The summed E-state index contributed by atoms with van der Waals surface area (Å²) >= 11 is 0. The highest BCUT2D eigenvalue weighted by Gasteiger charge is 2.20. The van der Waals surface area contributed by atoms with Crippen LogP contribution in [-0.2, 0) is 14.3 Å². The molecule has 0 spiro atoms. The molecule has 0 aliphatic rings. The van der Waals surface area contributed by atoms with Crippen molar-refractivity contribution in [3.05, 3.63) is 0 Å². The number of aliphatic hydroxyl groups is 2. The summed E-state index contributed by atoms with van der Waals surface area (Å²) in [5.41, 5.74) is 0. The fourth-order valence-electron chi connectivity index (χ4n) is 11.0. The van der Waals surface area contributed by atoms with Crippen molar-refractivity contribution in [1.82, 2.24) is 5.32 Å². The lowest BCUT2D eigenvalue weighted by molar-refractivity contribution is -0.143. The first-order chi connectivity index (χ1) is 36.0. The van der Waals surface area contributed by atoms with Gasteiger partial charge >= 0.3 is 5.97 Å². The van der Waals surface area contributed by atoms with Gasteiger partial charge in [0, 0.05) is 12.8 Å². The summed E-state index contributed by atoms with van der Waals surface area (Å²) in [6, 6.07) is -0.536. The van der Waals surface area contributed by atoms with E-state index < -0.39 is 12.1 Å². The Bertz CT molecular complexity index is 1050. The predicted octanol–water partition coefficient (Wildman–Crippen LogP) is 21.4. The van der Waals surface area contributed by atoms with Crippen LogP contribution in [0, 0.1) is 0 Å². The molecule has 0 aromatic carbocycles. The highest BCUT2D eigenvalue weighted by atomic mass is 16.5. The Hall–Kier alpha value is -1.14. The normalized spacial score (nSPS) is 12.4. The molecule has 0 aliphatic heterocycles. The molecule has 0 rings (SSSR count). The number of ether oxygens (including phenoxy) is 1. The number of unbranched alkanes of at least 4 members (excludes halogenated alkanes) is 53. The van der Waals surface area contributed by atoms with Crippen molar-refractivity contribution in [2.75, 3.05) is 13.2 Å². The SMILES string of the molecule is CCCCCCCCCCCCCCCCCCCC(=O)OCCCCCCCCCCCCCCCCCCCCCCCCCCCCCCC(=O)NC(CO)C(O)CCCCCCCCCCCCC. The summed E-state index contributed by atoms with van der Waals surface area (Å²) in [7, 11) is 0. The first-order valence-corrected chi connectivity index (χ1v) is 33.8. The number of carbonyl (C=O) groups is 2. The van der Waals surface area contributed by atoms with E-state index in [0.29, 0.717) is 25.9 Å². The third kappa shape index (κ3) is 60.0. The highest BCUT2D eigenvalue weighted by Crippen LogP contribution is 2.19. The van der Waals surface area contributed by atoms with Gasteiger partial charge in [-0.3, -0.25) is 9.59 Å². The van der Waals surface area contributed by atoms with Gasteiger partial charge in [0.05, 0.1) is 25.4 Å². The molecule has 0 heterocycles. The minimum atomic E-state index is -0.659. The van der Waals surface area contributed by atoms with Crippen molar-refractivity contribution >= 4 is 11.9 Å². The molecule has 0 saturated carbocycles. The number of hydrogen-bond acceptors (Lipinski definition) is 5. The molecule has 3 N–H and O–H groups in total. The smallest absolute Gasteiger partial charge is 0.305 e. The molecule has 73 heavy (non-hydrogen) atoms. The van der Waals surface area contributed by atoms with E-state index in [1.807, 2.05) is 0 Å². The van der Waals surface area contributed by atoms with Gasteiger partial charge in [-0.1, -0.05) is 354 Å². The Morgan fingerprint density at radius 3 is 0.836 bits per heavy atom. The molecule has 0 bridgehead atoms. The van der Waals surface area contributed by atoms with Gasteiger partial charge in [-0.2, -0.15) is 0 Å². The summed E-state index contributed by atoms with van der Waals surface area (Å²) in [4.78, 5) is 24.5. The number of esters is 1. The molecule has 0 aliphatic carbocycles. The fourth-order valence-corrected chi connectivity index (χ4v) is 11.0. The second-order valence-electron chi connectivity index (χ2n) is 23.5. The minimum Gasteiger partial charge on any atom is -0.466 e. The minimum absolute atomic E-state index is 0.0238. The Morgan fingerprint density at radius 1 is 0.329 bits per heavy atom. The van der Waals surface area contributed by atoms with Crippen LogP contribution in [0.1, 0.15) is 393 Å². The second-order valence-corrected chi connectivity index (χ2v) is 23.5. The average Bonchev–Trinajstić information content (AvgIpc) is 3.39. The maximum absolute atomic E-state index is 12.5. The van der Waals surface area contributed by atoms with Crippen molar-refractivity contribution in [3.63, 3.8) is 0 Å². The summed E-state index contributed by atoms with van der Waals surface area (Å²) in [5, 5.41) is 23.2. The van der Waals surface area contributed by atoms with E-state index in [9.17, 15) is 19.8 Å². The van der Waals surface area contributed by atoms with Crippen LogP contribution in [0.5, 0.6) is 0 Å².